The van der Waals surface area contributed by atoms with Crippen molar-refractivity contribution in [3.8, 4) is 0 Å². The molecule has 1 aromatic heterocycles. The molecule has 2 heterocycles. The predicted molar refractivity (Wildman–Crippen MR) is 96.6 cm³/mol. The van der Waals surface area contributed by atoms with E-state index < -0.39 is 0 Å². The third kappa shape index (κ3) is 5.57. The van der Waals surface area contributed by atoms with E-state index >= 15 is 0 Å². The Balaban J connectivity index is 1.93. The van der Waals surface area contributed by atoms with E-state index in [0.717, 1.165) is 18.9 Å². The van der Waals surface area contributed by atoms with E-state index in [1.54, 1.807) is 0 Å². The normalized spacial score (nSPS) is 18.9. The maximum absolute atomic E-state index is 4.87. The van der Waals surface area contributed by atoms with Crippen LogP contribution in [-0.2, 0) is 11.8 Å². The number of thiazole rings is 1. The van der Waals surface area contributed by atoms with Crippen LogP contribution >= 0.6 is 23.1 Å². The molecule has 0 spiro atoms. The second-order valence-electron chi connectivity index (χ2n) is 7.13. The van der Waals surface area contributed by atoms with E-state index in [1.165, 1.54) is 41.5 Å². The molecular weight excluding hydrogens is 296 g/mol. The molecule has 0 aliphatic carbocycles. The average molecular weight is 327 g/mol. The summed E-state index contributed by atoms with van der Waals surface area (Å²) in [6, 6.07) is 0.599. The minimum absolute atomic E-state index is 0.170. The highest BCUT2D eigenvalue weighted by Gasteiger charge is 2.22. The molecule has 0 radical (unpaired) electrons. The van der Waals surface area contributed by atoms with Crippen LogP contribution in [0.3, 0.4) is 0 Å². The minimum Gasteiger partial charge on any atom is -0.314 e. The number of likely N-dealkylation sites (N-methyl/N-ethyl adjacent to an activating group) is 1. The highest BCUT2D eigenvalue weighted by atomic mass is 32.2. The fraction of sp³-hybridized carbons (Fsp3) is 0.824. The van der Waals surface area contributed by atoms with Gasteiger partial charge in [0, 0.05) is 23.3 Å². The summed E-state index contributed by atoms with van der Waals surface area (Å²) in [6.45, 7) is 10.0. The Morgan fingerprint density at radius 3 is 2.62 bits per heavy atom. The molecule has 1 aromatic rings. The van der Waals surface area contributed by atoms with Crippen LogP contribution in [0.5, 0.6) is 0 Å². The van der Waals surface area contributed by atoms with Gasteiger partial charge in [0.05, 0.1) is 10.7 Å². The van der Waals surface area contributed by atoms with Crippen LogP contribution in [0.15, 0.2) is 5.38 Å². The summed E-state index contributed by atoms with van der Waals surface area (Å²) in [5, 5.41) is 7.23. The Bertz CT molecular complexity index is 417. The van der Waals surface area contributed by atoms with Gasteiger partial charge < -0.3 is 5.32 Å². The van der Waals surface area contributed by atoms with Gasteiger partial charge in [0.25, 0.3) is 0 Å². The van der Waals surface area contributed by atoms with Gasteiger partial charge in [0.2, 0.25) is 0 Å². The number of aromatic nitrogens is 1. The molecule has 21 heavy (non-hydrogen) atoms. The first-order valence-corrected chi connectivity index (χ1v) is 10.3. The summed E-state index contributed by atoms with van der Waals surface area (Å²) in [6.07, 6.45) is 5.21. The molecule has 1 saturated heterocycles. The van der Waals surface area contributed by atoms with E-state index in [-0.39, 0.29) is 5.41 Å². The fourth-order valence-electron chi connectivity index (χ4n) is 2.87. The zero-order valence-electron chi connectivity index (χ0n) is 13.9. The number of hydrogen-bond acceptors (Lipinski definition) is 4. The van der Waals surface area contributed by atoms with Crippen LogP contribution in [0, 0.1) is 5.92 Å². The molecule has 1 aliphatic rings. The lowest BCUT2D eigenvalue weighted by Gasteiger charge is -2.26. The predicted octanol–water partition coefficient (Wildman–Crippen LogP) is 4.49. The number of hydrogen-bond donors (Lipinski definition) is 1. The highest BCUT2D eigenvalue weighted by molar-refractivity contribution is 7.99. The third-order valence-corrected chi connectivity index (χ3v) is 6.11. The van der Waals surface area contributed by atoms with Gasteiger partial charge in [-0.1, -0.05) is 27.7 Å². The van der Waals surface area contributed by atoms with E-state index in [1.807, 2.05) is 11.3 Å². The molecule has 2 rings (SSSR count). The molecule has 1 aliphatic heterocycles. The molecule has 0 aromatic carbocycles. The van der Waals surface area contributed by atoms with Gasteiger partial charge in [0.1, 0.15) is 0 Å². The molecule has 1 N–H and O–H groups in total. The van der Waals surface area contributed by atoms with Crippen LogP contribution in [0.25, 0.3) is 0 Å². The van der Waals surface area contributed by atoms with Gasteiger partial charge >= 0.3 is 0 Å². The first-order chi connectivity index (χ1) is 9.99. The SMILES string of the molecule is CCNC(Cc1nc(C(C)(C)C)cs1)CC1CCSCC1. The van der Waals surface area contributed by atoms with Crippen LogP contribution in [-0.4, -0.2) is 29.1 Å². The largest absolute Gasteiger partial charge is 0.314 e. The molecule has 4 heteroatoms. The highest BCUT2D eigenvalue weighted by Crippen LogP contribution is 2.28. The van der Waals surface area contributed by atoms with Crippen molar-refractivity contribution < 1.29 is 0 Å². The van der Waals surface area contributed by atoms with E-state index in [4.69, 9.17) is 4.98 Å². The molecule has 0 amide bonds. The van der Waals surface area contributed by atoms with Gasteiger partial charge in [-0.05, 0) is 43.2 Å². The summed E-state index contributed by atoms with van der Waals surface area (Å²) in [5.74, 6) is 3.63. The minimum atomic E-state index is 0.170. The maximum atomic E-state index is 4.87. The lowest BCUT2D eigenvalue weighted by Crippen LogP contribution is -2.34. The van der Waals surface area contributed by atoms with E-state index in [9.17, 15) is 0 Å². The van der Waals surface area contributed by atoms with Gasteiger partial charge in [-0.15, -0.1) is 11.3 Å². The smallest absolute Gasteiger partial charge is 0.0944 e. The van der Waals surface area contributed by atoms with Crippen molar-refractivity contribution >= 4 is 23.1 Å². The molecular formula is C17H30N2S2. The van der Waals surface area contributed by atoms with Crippen LogP contribution in [0.1, 0.15) is 57.7 Å². The van der Waals surface area contributed by atoms with Crippen LogP contribution in [0.4, 0.5) is 0 Å². The van der Waals surface area contributed by atoms with Crippen LogP contribution < -0.4 is 5.32 Å². The molecule has 1 unspecified atom stereocenters. The maximum Gasteiger partial charge on any atom is 0.0944 e. The van der Waals surface area contributed by atoms with E-state index in [0.29, 0.717) is 6.04 Å². The second kappa shape index (κ2) is 7.98. The standard InChI is InChI=1S/C17H30N2S2/c1-5-18-14(10-13-6-8-20-9-7-13)11-16-19-15(12-21-16)17(2,3)4/h12-14,18H,5-11H2,1-4H3. The molecule has 2 nitrogen and oxygen atoms in total. The molecule has 0 saturated carbocycles. The monoisotopic (exact) mass is 326 g/mol. The lowest BCUT2D eigenvalue weighted by atomic mass is 9.92. The zero-order valence-corrected chi connectivity index (χ0v) is 15.6. The van der Waals surface area contributed by atoms with Crippen molar-refractivity contribution in [2.24, 2.45) is 5.92 Å². The van der Waals surface area contributed by atoms with Crippen LogP contribution in [0.2, 0.25) is 0 Å². The van der Waals surface area contributed by atoms with Crippen molar-refractivity contribution in [3.05, 3.63) is 16.1 Å². The Morgan fingerprint density at radius 2 is 2.05 bits per heavy atom. The zero-order chi connectivity index (χ0) is 15.3. The van der Waals surface area contributed by atoms with Crippen molar-refractivity contribution in [2.75, 3.05) is 18.1 Å². The van der Waals surface area contributed by atoms with Crippen molar-refractivity contribution in [1.82, 2.24) is 10.3 Å². The van der Waals surface area contributed by atoms with Gasteiger partial charge in [-0.3, -0.25) is 0 Å². The molecule has 120 valence electrons. The lowest BCUT2D eigenvalue weighted by molar-refractivity contribution is 0.366. The second-order valence-corrected chi connectivity index (χ2v) is 9.29. The molecule has 0 bridgehead atoms. The summed E-state index contributed by atoms with van der Waals surface area (Å²) in [5.41, 5.74) is 1.41. The summed E-state index contributed by atoms with van der Waals surface area (Å²) < 4.78 is 0. The van der Waals surface area contributed by atoms with Gasteiger partial charge in [0.15, 0.2) is 0 Å². The Labute approximate surface area is 138 Å². The van der Waals surface area contributed by atoms with E-state index in [2.05, 4.69) is 50.2 Å². The topological polar surface area (TPSA) is 24.9 Å². The number of nitrogens with one attached hydrogen (secondary N) is 1. The quantitative estimate of drug-likeness (QED) is 0.833. The number of rotatable bonds is 6. The summed E-state index contributed by atoms with van der Waals surface area (Å²) in [7, 11) is 0. The number of thioether (sulfide) groups is 1. The first-order valence-electron chi connectivity index (χ1n) is 8.25. The Morgan fingerprint density at radius 1 is 1.33 bits per heavy atom. The van der Waals surface area contributed by atoms with Gasteiger partial charge in [-0.2, -0.15) is 11.8 Å². The Hall–Kier alpha value is -0.0600. The first kappa shape index (κ1) is 17.3. The molecule has 1 atom stereocenters. The fourth-order valence-corrected chi connectivity index (χ4v) is 5.18. The number of nitrogens with zero attached hydrogens (tertiary/aromatic N) is 1. The average Bonchev–Trinajstić information content (AvgIpc) is 2.89. The third-order valence-electron chi connectivity index (χ3n) is 4.19. The Kier molecular flexibility index (Phi) is 6.57. The van der Waals surface area contributed by atoms with Gasteiger partial charge in [-0.25, -0.2) is 4.98 Å². The van der Waals surface area contributed by atoms with Crippen molar-refractivity contribution in [2.45, 2.75) is 64.8 Å². The van der Waals surface area contributed by atoms with Crippen molar-refractivity contribution in [3.63, 3.8) is 0 Å². The van der Waals surface area contributed by atoms with Crippen molar-refractivity contribution in [1.29, 1.82) is 0 Å². The summed E-state index contributed by atoms with van der Waals surface area (Å²) in [4.78, 5) is 4.87. The summed E-state index contributed by atoms with van der Waals surface area (Å²) >= 11 is 3.96. The molecule has 1 fully saturated rings.